The van der Waals surface area contributed by atoms with Crippen molar-refractivity contribution in [2.24, 2.45) is 10.7 Å². The average Bonchev–Trinajstić information content (AvgIpc) is 2.98. The van der Waals surface area contributed by atoms with E-state index in [9.17, 15) is 8.42 Å². The van der Waals surface area contributed by atoms with Crippen LogP contribution >= 0.6 is 0 Å². The van der Waals surface area contributed by atoms with Gasteiger partial charge in [0.2, 0.25) is 0 Å². The number of hydrogen-bond donors (Lipinski definition) is 3. The Morgan fingerprint density at radius 3 is 2.12 bits per heavy atom. The van der Waals surface area contributed by atoms with Gasteiger partial charge in [-0.2, -0.15) is 8.42 Å². The standard InChI is InChI=1S/C23H28N2O.C4H11NO3S.C3H8.C3H6.CH5N/c1-6-16(5)23-19-12-10-17(24-7-2)14-21(19)26-22-15-18(11-13-20(22)23)25(8-3)9-4;1-5-3-2-4-9(6,7)8;2*1-3-2;1-2/h6,10-15H,7-9H2,1-5H3;5H,2-4H2,1H3,(H,6,7,8);3H2,1-2H3;3H,1H2,2H3;2H2,1H3/b16-6+,24-17?;;;;. The van der Waals surface area contributed by atoms with E-state index in [0.717, 1.165) is 47.3 Å². The fourth-order valence-corrected chi connectivity index (χ4v) is 4.44. The number of nitrogens with one attached hydrogen (secondary N) is 1. The topological polar surface area (TPSA) is 121 Å². The maximum absolute atomic E-state index is 10.0. The van der Waals surface area contributed by atoms with Gasteiger partial charge in [-0.25, -0.2) is 0 Å². The minimum Gasteiger partial charge on any atom is -0.456 e. The summed E-state index contributed by atoms with van der Waals surface area (Å²) in [6.07, 6.45) is 5.62. The number of nitrogens with zero attached hydrogens (tertiary/aromatic N) is 2. The summed E-state index contributed by atoms with van der Waals surface area (Å²) < 4.78 is 34.6. The molecule has 4 N–H and O–H groups in total. The molecule has 0 bridgehead atoms. The molecule has 0 spiro atoms. The van der Waals surface area contributed by atoms with E-state index < -0.39 is 10.1 Å². The molecule has 9 heteroatoms. The first kappa shape index (κ1) is 42.2. The normalized spacial score (nSPS) is 11.2. The second-order valence-corrected chi connectivity index (χ2v) is 10.9. The molecular weight excluding hydrogens is 560 g/mol. The Balaban J connectivity index is 0. The highest BCUT2D eigenvalue weighted by Crippen LogP contribution is 2.38. The summed E-state index contributed by atoms with van der Waals surface area (Å²) >= 11 is 0. The van der Waals surface area contributed by atoms with Gasteiger partial charge in [-0.15, -0.1) is 6.58 Å². The van der Waals surface area contributed by atoms with Gasteiger partial charge < -0.3 is 20.4 Å². The summed E-state index contributed by atoms with van der Waals surface area (Å²) in [5.41, 5.74) is 10.3. The third-order valence-corrected chi connectivity index (χ3v) is 6.62. The van der Waals surface area contributed by atoms with Gasteiger partial charge in [0.15, 0.2) is 0 Å². The fraction of sp³-hybridized carbons (Fsp3) is 0.500. The Hall–Kier alpha value is -2.98. The summed E-state index contributed by atoms with van der Waals surface area (Å²) in [6.45, 7) is 23.5. The summed E-state index contributed by atoms with van der Waals surface area (Å²) in [4.78, 5) is 6.86. The summed E-state index contributed by atoms with van der Waals surface area (Å²) in [6, 6.07) is 12.8. The minimum atomic E-state index is -3.74. The van der Waals surface area contributed by atoms with E-state index >= 15 is 0 Å². The van der Waals surface area contributed by atoms with Crippen LogP contribution in [0.25, 0.3) is 27.9 Å². The van der Waals surface area contributed by atoms with Crippen LogP contribution in [0.15, 0.2) is 64.5 Å². The molecule has 0 radical (unpaired) electrons. The Labute approximate surface area is 261 Å². The predicted molar refractivity (Wildman–Crippen MR) is 189 cm³/mol. The molecule has 1 aromatic rings. The van der Waals surface area contributed by atoms with E-state index in [1.165, 1.54) is 30.3 Å². The van der Waals surface area contributed by atoms with Crippen LogP contribution in [0.4, 0.5) is 5.69 Å². The monoisotopic (exact) mass is 618 g/mol. The fourth-order valence-electron chi connectivity index (χ4n) is 3.93. The molecule has 1 aromatic carbocycles. The van der Waals surface area contributed by atoms with Crippen molar-refractivity contribution >= 4 is 32.3 Å². The zero-order chi connectivity index (χ0) is 33.4. The van der Waals surface area contributed by atoms with Crippen LogP contribution in [0.1, 0.15) is 73.8 Å². The molecule has 1 heterocycles. The van der Waals surface area contributed by atoms with Gasteiger partial charge in [-0.3, -0.25) is 9.55 Å². The molecule has 0 unspecified atom stereocenters. The smallest absolute Gasteiger partial charge is 0.264 e. The van der Waals surface area contributed by atoms with E-state index in [1.807, 2.05) is 13.8 Å². The summed E-state index contributed by atoms with van der Waals surface area (Å²) in [7, 11) is -0.510. The first-order chi connectivity index (χ1) is 20.5. The highest BCUT2D eigenvalue weighted by atomic mass is 32.2. The Morgan fingerprint density at radius 2 is 1.65 bits per heavy atom. The number of benzene rings is 2. The quantitative estimate of drug-likeness (QED) is 0.0989. The lowest BCUT2D eigenvalue weighted by molar-refractivity contribution is 0.480. The molecule has 2 aliphatic rings. The molecule has 0 aromatic heterocycles. The van der Waals surface area contributed by atoms with Crippen LogP contribution in [0.3, 0.4) is 0 Å². The van der Waals surface area contributed by atoms with E-state index in [4.69, 9.17) is 8.97 Å². The van der Waals surface area contributed by atoms with Crippen molar-refractivity contribution in [3.05, 3.63) is 66.0 Å². The maximum Gasteiger partial charge on any atom is 0.264 e. The van der Waals surface area contributed by atoms with Crippen LogP contribution < -0.4 is 21.3 Å². The van der Waals surface area contributed by atoms with Crippen molar-refractivity contribution < 1.29 is 17.4 Å². The molecule has 1 aliphatic carbocycles. The number of anilines is 1. The van der Waals surface area contributed by atoms with Crippen molar-refractivity contribution in [3.63, 3.8) is 0 Å². The molecular formula is C34H58N4O4S. The number of fused-ring (bicyclic) bond motifs is 2. The lowest BCUT2D eigenvalue weighted by Crippen LogP contribution is -2.21. The molecule has 244 valence electrons. The first-order valence-corrected chi connectivity index (χ1v) is 16.8. The molecule has 8 nitrogen and oxygen atoms in total. The Bertz CT molecular complexity index is 1340. The van der Waals surface area contributed by atoms with E-state index in [-0.39, 0.29) is 5.75 Å². The molecule has 0 atom stereocenters. The third kappa shape index (κ3) is 15.9. The number of allylic oxidation sites excluding steroid dienone is 3. The minimum absolute atomic E-state index is 0.159. The third-order valence-electron chi connectivity index (χ3n) is 5.81. The van der Waals surface area contributed by atoms with Crippen LogP contribution in [0.2, 0.25) is 0 Å². The molecule has 0 saturated heterocycles. The van der Waals surface area contributed by atoms with Gasteiger partial charge in [-0.1, -0.05) is 32.4 Å². The van der Waals surface area contributed by atoms with Crippen molar-refractivity contribution in [3.8, 4) is 11.3 Å². The van der Waals surface area contributed by atoms with E-state index in [1.54, 1.807) is 13.1 Å². The van der Waals surface area contributed by atoms with Crippen LogP contribution in [0.5, 0.6) is 0 Å². The van der Waals surface area contributed by atoms with Crippen LogP contribution in [0, 0.1) is 0 Å². The summed E-state index contributed by atoms with van der Waals surface area (Å²) in [5.74, 6) is 0.730. The SMILES string of the molecule is C/C=C(\C)c1c2ccc(=NCC)cc-2oc2cc(N(CC)CC)ccc12.C=CC.CCC.CN.CNCCCS(=O)(=O)O. The number of hydrogen-bond acceptors (Lipinski definition) is 7. The van der Waals surface area contributed by atoms with E-state index in [0.29, 0.717) is 13.0 Å². The second kappa shape index (κ2) is 24.5. The lowest BCUT2D eigenvalue weighted by atomic mass is 9.94. The van der Waals surface area contributed by atoms with Gasteiger partial charge in [0.05, 0.1) is 11.1 Å². The van der Waals surface area contributed by atoms with Gasteiger partial charge in [0.25, 0.3) is 10.1 Å². The van der Waals surface area contributed by atoms with Crippen molar-refractivity contribution in [1.82, 2.24) is 5.32 Å². The molecule has 0 amide bonds. The summed E-state index contributed by atoms with van der Waals surface area (Å²) in [5, 5.41) is 4.89. The first-order valence-electron chi connectivity index (χ1n) is 15.2. The number of rotatable bonds is 9. The highest BCUT2D eigenvalue weighted by Gasteiger charge is 2.17. The zero-order valence-electron chi connectivity index (χ0n) is 28.3. The molecule has 1 aliphatic heterocycles. The average molecular weight is 619 g/mol. The van der Waals surface area contributed by atoms with Crippen molar-refractivity contribution in [1.29, 1.82) is 0 Å². The molecule has 0 fully saturated rings. The predicted octanol–water partition coefficient (Wildman–Crippen LogP) is 7.39. The Morgan fingerprint density at radius 1 is 1.07 bits per heavy atom. The van der Waals surface area contributed by atoms with Gasteiger partial charge in [-0.05, 0) is 104 Å². The van der Waals surface area contributed by atoms with Crippen LogP contribution in [-0.2, 0) is 10.1 Å². The van der Waals surface area contributed by atoms with Crippen molar-refractivity contribution in [2.45, 2.75) is 68.2 Å². The Kier molecular flexibility index (Phi) is 24.0. The van der Waals surface area contributed by atoms with Gasteiger partial charge >= 0.3 is 0 Å². The van der Waals surface area contributed by atoms with Gasteiger partial charge in [0.1, 0.15) is 11.3 Å². The maximum atomic E-state index is 10.0. The van der Waals surface area contributed by atoms with Gasteiger partial charge in [0, 0.05) is 48.4 Å². The largest absolute Gasteiger partial charge is 0.456 e. The zero-order valence-corrected chi connectivity index (χ0v) is 29.1. The molecule has 3 rings (SSSR count). The van der Waals surface area contributed by atoms with Crippen molar-refractivity contribution in [2.75, 3.05) is 50.9 Å². The lowest BCUT2D eigenvalue weighted by Gasteiger charge is -2.22. The van der Waals surface area contributed by atoms with E-state index in [2.05, 4.69) is 112 Å². The number of nitrogens with two attached hydrogens (primary N) is 1. The highest BCUT2D eigenvalue weighted by molar-refractivity contribution is 7.85. The molecule has 0 saturated carbocycles. The van der Waals surface area contributed by atoms with Crippen LogP contribution in [-0.4, -0.2) is 59.0 Å². The second-order valence-electron chi connectivity index (χ2n) is 9.31. The molecule has 43 heavy (non-hydrogen) atoms.